The minimum absolute atomic E-state index is 0.884. The lowest BCUT2D eigenvalue weighted by Gasteiger charge is -2.21. The van der Waals surface area contributed by atoms with E-state index in [4.69, 9.17) is 5.73 Å². The molecule has 0 rings (SSSR count). The third-order valence-electron chi connectivity index (χ3n) is 5.76. The first-order valence-corrected chi connectivity index (χ1v) is 15.2. The van der Waals surface area contributed by atoms with Gasteiger partial charge in [0.1, 0.15) is 0 Å². The Morgan fingerprint density at radius 1 is 0.480 bits per heavy atom. The lowest BCUT2D eigenvalue weighted by Crippen LogP contribution is -2.25. The Bertz CT molecular complexity index is 252. The average molecular weight is 370 g/mol. The van der Waals surface area contributed by atoms with Crippen LogP contribution in [0.15, 0.2) is 0 Å². The molecular formula is C23H51NSi. The number of hydrogen-bond donors (Lipinski definition) is 1. The molecule has 0 amide bonds. The third kappa shape index (κ3) is 20.3. The highest BCUT2D eigenvalue weighted by atomic mass is 28.3. The lowest BCUT2D eigenvalue weighted by atomic mass is 10.0. The second-order valence-electron chi connectivity index (χ2n) is 9.11. The molecule has 0 aromatic heterocycles. The molecule has 0 saturated heterocycles. The summed E-state index contributed by atoms with van der Waals surface area (Å²) in [6.07, 6.45) is 24.7. The van der Waals surface area contributed by atoms with E-state index >= 15 is 0 Å². The standard InChI is InChI=1S/C23H51NSi/c1-4-5-6-7-8-9-10-11-12-13-14-15-16-17-18-19-22-25(2,3)23-20-21-24/h4-24H2,1-3H3. The minimum Gasteiger partial charge on any atom is -0.330 e. The Morgan fingerprint density at radius 2 is 0.800 bits per heavy atom. The molecule has 2 N–H and O–H groups in total. The smallest absolute Gasteiger partial charge is 0.0474 e. The summed E-state index contributed by atoms with van der Waals surface area (Å²) in [7, 11) is -0.911. The van der Waals surface area contributed by atoms with Crippen molar-refractivity contribution in [1.82, 2.24) is 0 Å². The van der Waals surface area contributed by atoms with Gasteiger partial charge in [-0.3, -0.25) is 0 Å². The van der Waals surface area contributed by atoms with Gasteiger partial charge in [-0.1, -0.05) is 135 Å². The first-order valence-electron chi connectivity index (χ1n) is 11.8. The van der Waals surface area contributed by atoms with Crippen molar-refractivity contribution in [3.05, 3.63) is 0 Å². The van der Waals surface area contributed by atoms with Crippen molar-refractivity contribution in [2.75, 3.05) is 6.54 Å². The highest BCUT2D eigenvalue weighted by Crippen LogP contribution is 2.21. The summed E-state index contributed by atoms with van der Waals surface area (Å²) in [4.78, 5) is 0. The second kappa shape index (κ2) is 19.0. The predicted molar refractivity (Wildman–Crippen MR) is 120 cm³/mol. The monoisotopic (exact) mass is 369 g/mol. The Balaban J connectivity index is 3.14. The molecule has 2 heteroatoms. The normalized spacial score (nSPS) is 12.0. The minimum atomic E-state index is -0.911. The fourth-order valence-corrected chi connectivity index (χ4v) is 6.48. The largest absolute Gasteiger partial charge is 0.330 e. The van der Waals surface area contributed by atoms with E-state index in [0.29, 0.717) is 0 Å². The van der Waals surface area contributed by atoms with Crippen molar-refractivity contribution in [2.45, 2.75) is 141 Å². The molecule has 0 heterocycles. The Kier molecular flexibility index (Phi) is 19.1. The summed E-state index contributed by atoms with van der Waals surface area (Å²) in [5.41, 5.74) is 5.65. The van der Waals surface area contributed by atoms with Gasteiger partial charge in [0.15, 0.2) is 0 Å². The van der Waals surface area contributed by atoms with E-state index in [1.807, 2.05) is 0 Å². The highest BCUT2D eigenvalue weighted by Gasteiger charge is 2.18. The van der Waals surface area contributed by atoms with E-state index in [0.717, 1.165) is 6.54 Å². The van der Waals surface area contributed by atoms with Crippen LogP contribution in [0.3, 0.4) is 0 Å². The number of unbranched alkanes of at least 4 members (excludes halogenated alkanes) is 15. The summed E-state index contributed by atoms with van der Waals surface area (Å²) in [6.45, 7) is 8.28. The summed E-state index contributed by atoms with van der Waals surface area (Å²) >= 11 is 0. The summed E-state index contributed by atoms with van der Waals surface area (Å²) in [5, 5.41) is 0. The van der Waals surface area contributed by atoms with Crippen molar-refractivity contribution in [1.29, 1.82) is 0 Å². The molecule has 0 spiro atoms. The van der Waals surface area contributed by atoms with Crippen molar-refractivity contribution >= 4 is 8.07 Å². The van der Waals surface area contributed by atoms with Gasteiger partial charge in [0.25, 0.3) is 0 Å². The zero-order chi connectivity index (χ0) is 18.6. The van der Waals surface area contributed by atoms with E-state index in [1.165, 1.54) is 121 Å². The lowest BCUT2D eigenvalue weighted by molar-refractivity contribution is 0.531. The molecule has 0 aliphatic rings. The van der Waals surface area contributed by atoms with E-state index in [9.17, 15) is 0 Å². The van der Waals surface area contributed by atoms with Gasteiger partial charge < -0.3 is 5.73 Å². The highest BCUT2D eigenvalue weighted by molar-refractivity contribution is 6.77. The van der Waals surface area contributed by atoms with Gasteiger partial charge in [-0.15, -0.1) is 0 Å². The van der Waals surface area contributed by atoms with Crippen LogP contribution in [0.1, 0.15) is 116 Å². The first-order chi connectivity index (χ1) is 12.1. The number of nitrogens with two attached hydrogens (primary N) is 1. The predicted octanol–water partition coefficient (Wildman–Crippen LogP) is 8.31. The van der Waals surface area contributed by atoms with Crippen LogP contribution in [-0.4, -0.2) is 14.6 Å². The maximum Gasteiger partial charge on any atom is 0.0474 e. The molecule has 0 bridgehead atoms. The SMILES string of the molecule is CCCCCCCCCCCCCCCCCC[Si](C)(C)CCCN. The fourth-order valence-electron chi connectivity index (χ4n) is 3.86. The number of rotatable bonds is 20. The molecule has 0 unspecified atom stereocenters. The van der Waals surface area contributed by atoms with Gasteiger partial charge in [-0.2, -0.15) is 0 Å². The quantitative estimate of drug-likeness (QED) is 0.169. The summed E-state index contributed by atoms with van der Waals surface area (Å²) < 4.78 is 0. The van der Waals surface area contributed by atoms with Crippen molar-refractivity contribution in [3.8, 4) is 0 Å². The molecular weight excluding hydrogens is 318 g/mol. The van der Waals surface area contributed by atoms with Gasteiger partial charge in [-0.05, 0) is 13.0 Å². The van der Waals surface area contributed by atoms with Crippen LogP contribution in [-0.2, 0) is 0 Å². The maximum absolute atomic E-state index is 5.65. The van der Waals surface area contributed by atoms with Crippen LogP contribution in [0.2, 0.25) is 25.2 Å². The number of hydrogen-bond acceptors (Lipinski definition) is 1. The third-order valence-corrected chi connectivity index (χ3v) is 9.18. The van der Waals surface area contributed by atoms with Crippen LogP contribution in [0.5, 0.6) is 0 Å². The van der Waals surface area contributed by atoms with E-state index in [-0.39, 0.29) is 0 Å². The van der Waals surface area contributed by atoms with Gasteiger partial charge in [0.2, 0.25) is 0 Å². The van der Waals surface area contributed by atoms with Gasteiger partial charge in [0.05, 0.1) is 0 Å². The Labute approximate surface area is 161 Å². The van der Waals surface area contributed by atoms with E-state index in [2.05, 4.69) is 20.0 Å². The van der Waals surface area contributed by atoms with Crippen molar-refractivity contribution in [3.63, 3.8) is 0 Å². The van der Waals surface area contributed by atoms with E-state index in [1.54, 1.807) is 0 Å². The molecule has 0 aromatic rings. The zero-order valence-electron chi connectivity index (χ0n) is 18.2. The molecule has 0 saturated carbocycles. The van der Waals surface area contributed by atoms with Crippen LogP contribution in [0.25, 0.3) is 0 Å². The summed E-state index contributed by atoms with van der Waals surface area (Å²) in [5.74, 6) is 0. The van der Waals surface area contributed by atoms with Gasteiger partial charge >= 0.3 is 0 Å². The van der Waals surface area contributed by atoms with Gasteiger partial charge in [-0.25, -0.2) is 0 Å². The zero-order valence-corrected chi connectivity index (χ0v) is 19.2. The molecule has 0 radical (unpaired) electrons. The Morgan fingerprint density at radius 3 is 1.16 bits per heavy atom. The van der Waals surface area contributed by atoms with Crippen LogP contribution < -0.4 is 5.73 Å². The van der Waals surface area contributed by atoms with Crippen LogP contribution in [0, 0.1) is 0 Å². The molecule has 0 aliphatic carbocycles. The molecule has 25 heavy (non-hydrogen) atoms. The molecule has 1 nitrogen and oxygen atoms in total. The topological polar surface area (TPSA) is 26.0 Å². The molecule has 0 atom stereocenters. The maximum atomic E-state index is 5.65. The molecule has 0 aromatic carbocycles. The molecule has 0 aliphatic heterocycles. The van der Waals surface area contributed by atoms with Crippen molar-refractivity contribution in [2.24, 2.45) is 5.73 Å². The fraction of sp³-hybridized carbons (Fsp3) is 1.00. The Hall–Kier alpha value is 0.177. The van der Waals surface area contributed by atoms with Crippen LogP contribution in [0.4, 0.5) is 0 Å². The van der Waals surface area contributed by atoms with Crippen LogP contribution >= 0.6 is 0 Å². The first kappa shape index (κ1) is 25.2. The van der Waals surface area contributed by atoms with Crippen molar-refractivity contribution < 1.29 is 0 Å². The second-order valence-corrected chi connectivity index (χ2v) is 14.4. The van der Waals surface area contributed by atoms with E-state index < -0.39 is 8.07 Å². The van der Waals surface area contributed by atoms with Gasteiger partial charge in [0, 0.05) is 8.07 Å². The summed E-state index contributed by atoms with van der Waals surface area (Å²) in [6, 6.07) is 2.95. The molecule has 0 fully saturated rings. The molecule has 152 valence electrons. The average Bonchev–Trinajstić information content (AvgIpc) is 2.59.